The van der Waals surface area contributed by atoms with Gasteiger partial charge in [-0.2, -0.15) is 0 Å². The lowest BCUT2D eigenvalue weighted by Gasteiger charge is -2.18. The zero-order valence-corrected chi connectivity index (χ0v) is 13.0. The van der Waals surface area contributed by atoms with Crippen molar-refractivity contribution in [3.8, 4) is 0 Å². The van der Waals surface area contributed by atoms with Gasteiger partial charge in [0.25, 0.3) is 5.91 Å². The highest BCUT2D eigenvalue weighted by molar-refractivity contribution is 7.80. The fourth-order valence-corrected chi connectivity index (χ4v) is 2.29. The van der Waals surface area contributed by atoms with Gasteiger partial charge in [-0.05, 0) is 30.7 Å². The second kappa shape index (κ2) is 6.50. The predicted octanol–water partition coefficient (Wildman–Crippen LogP) is 2.90. The summed E-state index contributed by atoms with van der Waals surface area (Å²) >= 11 is 4.97. The molecule has 0 aliphatic rings. The summed E-state index contributed by atoms with van der Waals surface area (Å²) in [6.45, 7) is 2.49. The number of thiocarbonyl (C=S) groups is 1. The molecule has 0 aromatic heterocycles. The van der Waals surface area contributed by atoms with E-state index < -0.39 is 0 Å². The number of nitrogens with two attached hydrogens (primary N) is 1. The van der Waals surface area contributed by atoms with E-state index in [4.69, 9.17) is 18.0 Å². The van der Waals surface area contributed by atoms with Crippen molar-refractivity contribution < 1.29 is 4.79 Å². The number of rotatable bonds is 4. The van der Waals surface area contributed by atoms with Gasteiger partial charge >= 0.3 is 0 Å². The van der Waals surface area contributed by atoms with Gasteiger partial charge in [0.05, 0.1) is 0 Å². The number of nitrogens with zero attached hydrogens (tertiary/aromatic N) is 1. The minimum Gasteiger partial charge on any atom is -0.389 e. The maximum absolute atomic E-state index is 12.4. The van der Waals surface area contributed by atoms with Crippen molar-refractivity contribution in [2.24, 2.45) is 5.73 Å². The molecule has 0 bridgehead atoms. The number of carbonyl (C=O) groups is 1. The molecule has 0 fully saturated rings. The van der Waals surface area contributed by atoms with Crippen LogP contribution < -0.4 is 5.73 Å². The van der Waals surface area contributed by atoms with Crippen molar-refractivity contribution in [1.82, 2.24) is 4.90 Å². The number of aryl methyl sites for hydroxylation is 1. The van der Waals surface area contributed by atoms with E-state index in [-0.39, 0.29) is 5.91 Å². The van der Waals surface area contributed by atoms with Crippen LogP contribution in [0.1, 0.15) is 27.0 Å². The van der Waals surface area contributed by atoms with Crippen molar-refractivity contribution >= 4 is 23.1 Å². The molecule has 21 heavy (non-hydrogen) atoms. The van der Waals surface area contributed by atoms with E-state index in [1.54, 1.807) is 11.9 Å². The third-order valence-electron chi connectivity index (χ3n) is 3.24. The smallest absolute Gasteiger partial charge is 0.253 e. The molecule has 2 rings (SSSR count). The molecule has 2 aromatic rings. The van der Waals surface area contributed by atoms with Crippen LogP contribution in [0.5, 0.6) is 0 Å². The van der Waals surface area contributed by atoms with Crippen molar-refractivity contribution in [2.75, 3.05) is 7.05 Å². The third kappa shape index (κ3) is 3.89. The summed E-state index contributed by atoms with van der Waals surface area (Å²) in [5.74, 6) is -0.000530. The first-order valence-corrected chi connectivity index (χ1v) is 7.09. The van der Waals surface area contributed by atoms with Crippen molar-refractivity contribution in [3.63, 3.8) is 0 Å². The summed E-state index contributed by atoms with van der Waals surface area (Å²) in [5, 5.41) is 0. The molecule has 2 aromatic carbocycles. The molecule has 0 spiro atoms. The molecule has 0 saturated carbocycles. The van der Waals surface area contributed by atoms with E-state index in [9.17, 15) is 4.79 Å². The Morgan fingerprint density at radius 3 is 2.48 bits per heavy atom. The Bertz CT molecular complexity index is 682. The van der Waals surface area contributed by atoms with Crippen molar-refractivity contribution in [1.29, 1.82) is 0 Å². The van der Waals surface area contributed by atoms with Gasteiger partial charge in [0.15, 0.2) is 0 Å². The quantitative estimate of drug-likeness (QED) is 0.883. The molecule has 0 radical (unpaired) electrons. The summed E-state index contributed by atoms with van der Waals surface area (Å²) in [6.07, 6.45) is 0. The van der Waals surface area contributed by atoms with E-state index in [0.717, 1.165) is 16.7 Å². The van der Waals surface area contributed by atoms with Gasteiger partial charge < -0.3 is 10.6 Å². The topological polar surface area (TPSA) is 46.3 Å². The monoisotopic (exact) mass is 298 g/mol. The van der Waals surface area contributed by atoms with Crippen LogP contribution in [0, 0.1) is 6.92 Å². The number of amides is 1. The molecular formula is C17H18N2OS. The van der Waals surface area contributed by atoms with Crippen LogP contribution in [0.4, 0.5) is 0 Å². The Kier molecular flexibility index (Phi) is 4.70. The number of carbonyl (C=O) groups excluding carboxylic acids is 1. The molecule has 0 aliphatic heterocycles. The Morgan fingerprint density at radius 2 is 1.81 bits per heavy atom. The molecule has 0 aliphatic carbocycles. The van der Waals surface area contributed by atoms with Crippen LogP contribution in [-0.4, -0.2) is 22.8 Å². The summed E-state index contributed by atoms with van der Waals surface area (Å²) in [7, 11) is 1.79. The highest BCUT2D eigenvalue weighted by Gasteiger charge is 2.12. The zero-order valence-electron chi connectivity index (χ0n) is 12.2. The van der Waals surface area contributed by atoms with E-state index in [0.29, 0.717) is 17.1 Å². The fourth-order valence-electron chi connectivity index (χ4n) is 2.17. The first-order chi connectivity index (χ1) is 9.97. The van der Waals surface area contributed by atoms with Crippen LogP contribution in [0.2, 0.25) is 0 Å². The highest BCUT2D eigenvalue weighted by Crippen LogP contribution is 2.11. The Balaban J connectivity index is 2.14. The summed E-state index contributed by atoms with van der Waals surface area (Å²) in [6, 6.07) is 15.2. The molecule has 0 heterocycles. The van der Waals surface area contributed by atoms with Crippen LogP contribution in [0.3, 0.4) is 0 Å². The predicted molar refractivity (Wildman–Crippen MR) is 89.3 cm³/mol. The fraction of sp³-hybridized carbons (Fsp3) is 0.176. The van der Waals surface area contributed by atoms with E-state index in [1.165, 1.54) is 0 Å². The molecular weight excluding hydrogens is 280 g/mol. The number of hydrogen-bond donors (Lipinski definition) is 1. The molecule has 3 nitrogen and oxygen atoms in total. The maximum Gasteiger partial charge on any atom is 0.253 e. The lowest BCUT2D eigenvalue weighted by Crippen LogP contribution is -2.26. The molecule has 2 N–H and O–H groups in total. The normalized spacial score (nSPS) is 10.2. The summed E-state index contributed by atoms with van der Waals surface area (Å²) in [5.41, 5.74) is 9.22. The zero-order chi connectivity index (χ0) is 15.4. The first kappa shape index (κ1) is 15.2. The average molecular weight is 298 g/mol. The second-order valence-electron chi connectivity index (χ2n) is 5.10. The third-order valence-corrected chi connectivity index (χ3v) is 3.48. The van der Waals surface area contributed by atoms with Gasteiger partial charge in [0.1, 0.15) is 4.99 Å². The van der Waals surface area contributed by atoms with Crippen LogP contribution in [0.25, 0.3) is 0 Å². The van der Waals surface area contributed by atoms with Gasteiger partial charge in [0, 0.05) is 24.7 Å². The molecule has 0 saturated heterocycles. The van der Waals surface area contributed by atoms with Gasteiger partial charge in [-0.15, -0.1) is 0 Å². The van der Waals surface area contributed by atoms with Crippen molar-refractivity contribution in [3.05, 3.63) is 70.8 Å². The van der Waals surface area contributed by atoms with Crippen LogP contribution in [0.15, 0.2) is 48.5 Å². The second-order valence-corrected chi connectivity index (χ2v) is 5.54. The molecule has 0 unspecified atom stereocenters. The van der Waals surface area contributed by atoms with Crippen LogP contribution in [-0.2, 0) is 6.54 Å². The number of benzene rings is 2. The largest absolute Gasteiger partial charge is 0.389 e. The number of hydrogen-bond acceptors (Lipinski definition) is 2. The lowest BCUT2D eigenvalue weighted by atomic mass is 10.1. The van der Waals surface area contributed by atoms with E-state index >= 15 is 0 Å². The van der Waals surface area contributed by atoms with E-state index in [1.807, 2.05) is 55.5 Å². The first-order valence-electron chi connectivity index (χ1n) is 6.68. The minimum atomic E-state index is -0.000530. The Labute approximate surface area is 130 Å². The average Bonchev–Trinajstić information content (AvgIpc) is 2.46. The lowest BCUT2D eigenvalue weighted by molar-refractivity contribution is 0.0785. The Hall–Kier alpha value is -2.20. The van der Waals surface area contributed by atoms with Crippen LogP contribution >= 0.6 is 12.2 Å². The molecule has 4 heteroatoms. The molecule has 108 valence electrons. The maximum atomic E-state index is 12.4. The van der Waals surface area contributed by atoms with E-state index in [2.05, 4.69) is 0 Å². The van der Waals surface area contributed by atoms with Crippen molar-refractivity contribution in [2.45, 2.75) is 13.5 Å². The summed E-state index contributed by atoms with van der Waals surface area (Å²) < 4.78 is 0. The standard InChI is InChI=1S/C17H18N2OS/c1-12-5-3-8-15(9-12)17(20)19(2)11-13-6-4-7-14(10-13)16(18)21/h3-10H,11H2,1-2H3,(H2,18,21). The summed E-state index contributed by atoms with van der Waals surface area (Å²) in [4.78, 5) is 14.4. The van der Waals surface area contributed by atoms with Gasteiger partial charge in [0.2, 0.25) is 0 Å². The van der Waals surface area contributed by atoms with Gasteiger partial charge in [-0.1, -0.05) is 48.1 Å². The molecule has 0 atom stereocenters. The Morgan fingerprint density at radius 1 is 1.14 bits per heavy atom. The van der Waals surface area contributed by atoms with Gasteiger partial charge in [-0.25, -0.2) is 0 Å². The molecule has 1 amide bonds. The highest BCUT2D eigenvalue weighted by atomic mass is 32.1. The SMILES string of the molecule is Cc1cccc(C(=O)N(C)Cc2cccc(C(N)=S)c2)c1. The van der Waals surface area contributed by atoms with Gasteiger partial charge in [-0.3, -0.25) is 4.79 Å². The minimum absolute atomic E-state index is 0.000530.